The molecule has 0 saturated carbocycles. The maximum atomic E-state index is 5.28. The Balaban J connectivity index is 1.89. The predicted molar refractivity (Wildman–Crippen MR) is 71.4 cm³/mol. The van der Waals surface area contributed by atoms with E-state index in [0.717, 1.165) is 9.35 Å². The maximum Gasteiger partial charge on any atom is 0.251 e. The molecule has 0 bridgehead atoms. The summed E-state index contributed by atoms with van der Waals surface area (Å²) in [5, 5.41) is 10.2. The molecule has 92 valence electrons. The van der Waals surface area contributed by atoms with Crippen LogP contribution in [0.15, 0.2) is 38.9 Å². The van der Waals surface area contributed by atoms with E-state index in [-0.39, 0.29) is 6.04 Å². The van der Waals surface area contributed by atoms with Crippen LogP contribution < -0.4 is 0 Å². The van der Waals surface area contributed by atoms with Gasteiger partial charge in [-0.1, -0.05) is 11.2 Å². The van der Waals surface area contributed by atoms with Gasteiger partial charge in [0.2, 0.25) is 5.82 Å². The van der Waals surface area contributed by atoms with Crippen molar-refractivity contribution in [1.29, 1.82) is 0 Å². The van der Waals surface area contributed by atoms with Gasteiger partial charge in [-0.2, -0.15) is 10.1 Å². The lowest BCUT2D eigenvalue weighted by Crippen LogP contribution is -2.07. The Morgan fingerprint density at radius 3 is 3.06 bits per heavy atom. The van der Waals surface area contributed by atoms with Crippen LogP contribution >= 0.6 is 27.3 Å². The molecule has 0 aliphatic heterocycles. The smallest absolute Gasteiger partial charge is 0.251 e. The van der Waals surface area contributed by atoms with Gasteiger partial charge < -0.3 is 4.52 Å². The number of hydrogen-bond acceptors (Lipinski definition) is 5. The van der Waals surface area contributed by atoms with Crippen LogP contribution in [0.2, 0.25) is 0 Å². The molecule has 0 N–H and O–H groups in total. The summed E-state index contributed by atoms with van der Waals surface area (Å²) < 4.78 is 7.98. The Morgan fingerprint density at radius 2 is 2.39 bits per heavy atom. The molecule has 18 heavy (non-hydrogen) atoms. The van der Waals surface area contributed by atoms with Crippen LogP contribution in [0.25, 0.3) is 10.7 Å². The van der Waals surface area contributed by atoms with Crippen molar-refractivity contribution in [1.82, 2.24) is 19.9 Å². The summed E-state index contributed by atoms with van der Waals surface area (Å²) in [6.45, 7) is 1.96. The normalized spacial score (nSPS) is 12.8. The molecule has 0 saturated heterocycles. The van der Waals surface area contributed by atoms with Gasteiger partial charge in [-0.25, -0.2) is 0 Å². The second-order valence-electron chi connectivity index (χ2n) is 3.75. The lowest BCUT2D eigenvalue weighted by Gasteiger charge is -2.05. The number of hydrogen-bond donors (Lipinski definition) is 0. The molecule has 1 unspecified atom stereocenters. The molecule has 3 aromatic rings. The molecule has 0 spiro atoms. The third-order valence-corrected chi connectivity index (χ3v) is 3.78. The highest BCUT2D eigenvalue weighted by molar-refractivity contribution is 9.10. The molecule has 0 fully saturated rings. The van der Waals surface area contributed by atoms with Gasteiger partial charge in [-0.3, -0.25) is 4.68 Å². The highest BCUT2D eigenvalue weighted by Gasteiger charge is 2.17. The number of nitrogens with zero attached hydrogens (tertiary/aromatic N) is 4. The van der Waals surface area contributed by atoms with Crippen LogP contribution in [0.3, 0.4) is 0 Å². The van der Waals surface area contributed by atoms with Crippen LogP contribution in [-0.2, 0) is 0 Å². The molecule has 0 amide bonds. The van der Waals surface area contributed by atoms with Crippen LogP contribution in [0, 0.1) is 0 Å². The van der Waals surface area contributed by atoms with E-state index < -0.39 is 0 Å². The molecule has 7 heteroatoms. The topological polar surface area (TPSA) is 56.7 Å². The highest BCUT2D eigenvalue weighted by atomic mass is 79.9. The molecule has 3 heterocycles. The minimum Gasteiger partial charge on any atom is -0.337 e. The van der Waals surface area contributed by atoms with Gasteiger partial charge in [0.1, 0.15) is 6.04 Å². The van der Waals surface area contributed by atoms with Gasteiger partial charge in [0.15, 0.2) is 0 Å². The van der Waals surface area contributed by atoms with Gasteiger partial charge >= 0.3 is 0 Å². The van der Waals surface area contributed by atoms with E-state index in [1.165, 1.54) is 0 Å². The summed E-state index contributed by atoms with van der Waals surface area (Å²) in [6.07, 6.45) is 3.60. The van der Waals surface area contributed by atoms with Crippen LogP contribution in [0.4, 0.5) is 0 Å². The average Bonchev–Trinajstić information content (AvgIpc) is 3.09. The lowest BCUT2D eigenvalue weighted by molar-refractivity contribution is 0.336. The van der Waals surface area contributed by atoms with Gasteiger partial charge in [-0.05, 0) is 34.3 Å². The summed E-state index contributed by atoms with van der Waals surface area (Å²) in [5.41, 5.74) is 0. The van der Waals surface area contributed by atoms with Crippen molar-refractivity contribution in [3.63, 3.8) is 0 Å². The second-order valence-corrected chi connectivity index (χ2v) is 5.61. The zero-order valence-corrected chi connectivity index (χ0v) is 11.8. The summed E-state index contributed by atoms with van der Waals surface area (Å²) in [5.74, 6) is 1.17. The molecule has 3 rings (SSSR count). The second kappa shape index (κ2) is 4.66. The summed E-state index contributed by atoms with van der Waals surface area (Å²) in [6, 6.07) is 3.84. The molecular formula is C11H9BrN4OS. The van der Waals surface area contributed by atoms with E-state index in [2.05, 4.69) is 31.2 Å². The molecule has 0 radical (unpaired) electrons. The van der Waals surface area contributed by atoms with Crippen molar-refractivity contribution in [2.45, 2.75) is 13.0 Å². The predicted octanol–water partition coefficient (Wildman–Crippen LogP) is 3.37. The van der Waals surface area contributed by atoms with E-state index in [9.17, 15) is 0 Å². The Kier molecular flexibility index (Phi) is 3.00. The number of halogens is 1. The standard InChI is InChI=1S/C11H9BrN4OS/c1-7(16-6-8(12)5-13-16)11-14-10(15-17-11)9-3-2-4-18-9/h2-7H,1H3. The van der Waals surface area contributed by atoms with Gasteiger partial charge in [-0.15, -0.1) is 11.3 Å². The zero-order valence-electron chi connectivity index (χ0n) is 9.45. The molecular weight excluding hydrogens is 316 g/mol. The van der Waals surface area contributed by atoms with E-state index in [4.69, 9.17) is 4.52 Å². The van der Waals surface area contributed by atoms with E-state index in [1.807, 2.05) is 30.6 Å². The first-order valence-electron chi connectivity index (χ1n) is 5.31. The molecule has 0 aliphatic rings. The first-order valence-corrected chi connectivity index (χ1v) is 6.98. The monoisotopic (exact) mass is 324 g/mol. The SMILES string of the molecule is CC(c1nc(-c2cccs2)no1)n1cc(Br)cn1. The minimum atomic E-state index is -0.0856. The van der Waals surface area contributed by atoms with Crippen LogP contribution in [-0.4, -0.2) is 19.9 Å². The van der Waals surface area contributed by atoms with Crippen molar-refractivity contribution in [2.24, 2.45) is 0 Å². The lowest BCUT2D eigenvalue weighted by atomic mass is 10.3. The van der Waals surface area contributed by atoms with Crippen molar-refractivity contribution in [3.8, 4) is 10.7 Å². The minimum absolute atomic E-state index is 0.0856. The molecule has 0 aliphatic carbocycles. The van der Waals surface area contributed by atoms with Crippen molar-refractivity contribution in [3.05, 3.63) is 40.3 Å². The zero-order chi connectivity index (χ0) is 12.5. The van der Waals surface area contributed by atoms with Crippen molar-refractivity contribution < 1.29 is 4.52 Å². The number of thiophene rings is 1. The molecule has 1 atom stereocenters. The first kappa shape index (κ1) is 11.6. The van der Waals surface area contributed by atoms with Gasteiger partial charge in [0.05, 0.1) is 15.5 Å². The largest absolute Gasteiger partial charge is 0.337 e. The Bertz CT molecular complexity index is 646. The summed E-state index contributed by atoms with van der Waals surface area (Å²) in [7, 11) is 0. The fourth-order valence-corrected chi connectivity index (χ4v) is 2.50. The van der Waals surface area contributed by atoms with Crippen LogP contribution in [0.1, 0.15) is 18.9 Å². The van der Waals surface area contributed by atoms with Crippen molar-refractivity contribution in [2.75, 3.05) is 0 Å². The average molecular weight is 325 g/mol. The fourth-order valence-electron chi connectivity index (χ4n) is 1.55. The fraction of sp³-hybridized carbons (Fsp3) is 0.182. The number of rotatable bonds is 3. The van der Waals surface area contributed by atoms with E-state index in [1.54, 1.807) is 22.2 Å². The maximum absolute atomic E-state index is 5.28. The third-order valence-electron chi connectivity index (χ3n) is 2.51. The Hall–Kier alpha value is -1.47. The Labute approximate surface area is 116 Å². The highest BCUT2D eigenvalue weighted by Crippen LogP contribution is 2.24. The molecule has 0 aromatic carbocycles. The third kappa shape index (κ3) is 2.11. The Morgan fingerprint density at radius 1 is 1.50 bits per heavy atom. The van der Waals surface area contributed by atoms with Gasteiger partial charge in [0.25, 0.3) is 5.89 Å². The van der Waals surface area contributed by atoms with Crippen molar-refractivity contribution >= 4 is 27.3 Å². The van der Waals surface area contributed by atoms with E-state index in [0.29, 0.717) is 11.7 Å². The number of aromatic nitrogens is 4. The summed E-state index contributed by atoms with van der Waals surface area (Å²) in [4.78, 5) is 5.39. The van der Waals surface area contributed by atoms with Gasteiger partial charge in [0, 0.05) is 6.20 Å². The quantitative estimate of drug-likeness (QED) is 0.741. The molecule has 3 aromatic heterocycles. The van der Waals surface area contributed by atoms with Crippen LogP contribution in [0.5, 0.6) is 0 Å². The van der Waals surface area contributed by atoms with E-state index >= 15 is 0 Å². The summed E-state index contributed by atoms with van der Waals surface area (Å²) >= 11 is 4.95. The first-order chi connectivity index (χ1) is 8.74. The molecule has 5 nitrogen and oxygen atoms in total.